The molecule has 0 spiro atoms. The number of hydrogen-bond acceptors (Lipinski definition) is 3. The number of aryl methyl sites for hydroxylation is 1. The lowest BCUT2D eigenvalue weighted by atomic mass is 9.88. The molecule has 1 aromatic rings. The Bertz CT molecular complexity index is 487. The van der Waals surface area contributed by atoms with Gasteiger partial charge in [-0.15, -0.1) is 11.6 Å². The van der Waals surface area contributed by atoms with E-state index in [0.717, 1.165) is 11.3 Å². The van der Waals surface area contributed by atoms with E-state index in [2.05, 4.69) is 25.9 Å². The molecule has 20 heavy (non-hydrogen) atoms. The molecule has 0 aromatic carbocycles. The largest absolute Gasteiger partial charge is 0.378 e. The summed E-state index contributed by atoms with van der Waals surface area (Å²) in [5.74, 6) is -0.0616. The maximum Gasteiger partial charge on any atom is 0.245 e. The SMILES string of the molecule is Cn1cc(C(Cl)C(=O)N2CCOCC2)c(C(C)(C)C)n1. The van der Waals surface area contributed by atoms with E-state index in [1.165, 1.54) is 0 Å². The third-order valence-corrected chi connectivity index (χ3v) is 3.80. The lowest BCUT2D eigenvalue weighted by molar-refractivity contribution is -0.135. The lowest BCUT2D eigenvalue weighted by Gasteiger charge is -2.29. The molecule has 1 saturated heterocycles. The first-order valence-corrected chi connectivity index (χ1v) is 7.29. The van der Waals surface area contributed by atoms with Crippen LogP contribution in [0.5, 0.6) is 0 Å². The summed E-state index contributed by atoms with van der Waals surface area (Å²) in [6.45, 7) is 8.58. The molecule has 1 fully saturated rings. The van der Waals surface area contributed by atoms with Crippen molar-refractivity contribution in [1.82, 2.24) is 14.7 Å². The van der Waals surface area contributed by atoms with Crippen molar-refractivity contribution in [3.05, 3.63) is 17.5 Å². The maximum absolute atomic E-state index is 12.5. The molecule has 0 aliphatic carbocycles. The fraction of sp³-hybridized carbons (Fsp3) is 0.714. The van der Waals surface area contributed by atoms with E-state index in [0.29, 0.717) is 26.3 Å². The standard InChI is InChI=1S/C14H22ClN3O2/c1-14(2,3)12-10(9-17(4)16-12)11(15)13(19)18-5-7-20-8-6-18/h9,11H,5-8H2,1-4H3. The van der Waals surface area contributed by atoms with E-state index in [1.54, 1.807) is 9.58 Å². The van der Waals surface area contributed by atoms with Gasteiger partial charge >= 0.3 is 0 Å². The number of morpholine rings is 1. The number of rotatable bonds is 2. The molecule has 1 atom stereocenters. The summed E-state index contributed by atoms with van der Waals surface area (Å²) in [6, 6.07) is 0. The minimum atomic E-state index is -0.684. The van der Waals surface area contributed by atoms with Crippen molar-refractivity contribution < 1.29 is 9.53 Å². The minimum absolute atomic E-state index is 0.0616. The van der Waals surface area contributed by atoms with Crippen LogP contribution < -0.4 is 0 Å². The van der Waals surface area contributed by atoms with Crippen LogP contribution in [0, 0.1) is 0 Å². The van der Waals surface area contributed by atoms with Crippen molar-refractivity contribution in [3.8, 4) is 0 Å². The van der Waals surface area contributed by atoms with Crippen LogP contribution in [0.15, 0.2) is 6.20 Å². The monoisotopic (exact) mass is 299 g/mol. The summed E-state index contributed by atoms with van der Waals surface area (Å²) >= 11 is 6.43. The van der Waals surface area contributed by atoms with Crippen molar-refractivity contribution in [2.45, 2.75) is 31.6 Å². The van der Waals surface area contributed by atoms with Gasteiger partial charge in [0.1, 0.15) is 5.38 Å². The normalized spacial score (nSPS) is 18.1. The fourth-order valence-corrected chi connectivity index (χ4v) is 2.65. The predicted octanol–water partition coefficient (Wildman–Crippen LogP) is 1.86. The summed E-state index contributed by atoms with van der Waals surface area (Å²) in [4.78, 5) is 14.3. The average molecular weight is 300 g/mol. The Hall–Kier alpha value is -1.07. The molecule has 0 N–H and O–H groups in total. The van der Waals surface area contributed by atoms with Gasteiger partial charge in [0.15, 0.2) is 0 Å². The first-order valence-electron chi connectivity index (χ1n) is 6.85. The highest BCUT2D eigenvalue weighted by molar-refractivity contribution is 6.30. The van der Waals surface area contributed by atoms with Crippen molar-refractivity contribution in [2.24, 2.45) is 7.05 Å². The van der Waals surface area contributed by atoms with E-state index >= 15 is 0 Å². The molecule has 0 saturated carbocycles. The van der Waals surface area contributed by atoms with E-state index in [4.69, 9.17) is 16.3 Å². The van der Waals surface area contributed by atoms with E-state index in [1.807, 2.05) is 13.2 Å². The van der Waals surface area contributed by atoms with Gasteiger partial charge in [0.2, 0.25) is 5.91 Å². The first-order chi connectivity index (χ1) is 9.30. The lowest BCUT2D eigenvalue weighted by Crippen LogP contribution is -2.42. The van der Waals surface area contributed by atoms with E-state index in [9.17, 15) is 4.79 Å². The zero-order valence-electron chi connectivity index (χ0n) is 12.5. The number of carbonyl (C=O) groups is 1. The van der Waals surface area contributed by atoms with Crippen LogP contribution in [0.1, 0.15) is 37.4 Å². The van der Waals surface area contributed by atoms with Crippen molar-refractivity contribution >= 4 is 17.5 Å². The summed E-state index contributed by atoms with van der Waals surface area (Å²) in [6.07, 6.45) is 1.84. The van der Waals surface area contributed by atoms with Gasteiger partial charge in [-0.2, -0.15) is 5.10 Å². The predicted molar refractivity (Wildman–Crippen MR) is 77.9 cm³/mol. The number of nitrogens with zero attached hydrogens (tertiary/aromatic N) is 3. The van der Waals surface area contributed by atoms with Crippen LogP contribution in [0.4, 0.5) is 0 Å². The molecule has 2 rings (SSSR count). The van der Waals surface area contributed by atoms with Crippen molar-refractivity contribution in [1.29, 1.82) is 0 Å². The van der Waals surface area contributed by atoms with Gasteiger partial charge in [-0.1, -0.05) is 20.8 Å². The molecule has 1 aliphatic rings. The Morgan fingerprint density at radius 1 is 1.40 bits per heavy atom. The zero-order valence-corrected chi connectivity index (χ0v) is 13.3. The number of alkyl halides is 1. The molecule has 1 aliphatic heterocycles. The Balaban J connectivity index is 2.24. The number of amides is 1. The Labute approximate surface area is 124 Å². The summed E-state index contributed by atoms with van der Waals surface area (Å²) in [5, 5.41) is 3.78. The molecule has 1 aromatic heterocycles. The van der Waals surface area contributed by atoms with Crippen LogP contribution in [0.3, 0.4) is 0 Å². The molecular weight excluding hydrogens is 278 g/mol. The molecule has 0 radical (unpaired) electrons. The zero-order chi connectivity index (χ0) is 14.9. The fourth-order valence-electron chi connectivity index (χ4n) is 2.35. The van der Waals surface area contributed by atoms with Gasteiger partial charge in [-0.25, -0.2) is 0 Å². The van der Waals surface area contributed by atoms with Gasteiger partial charge in [0.05, 0.1) is 18.9 Å². The Morgan fingerprint density at radius 2 is 2.00 bits per heavy atom. The van der Waals surface area contributed by atoms with E-state index < -0.39 is 5.38 Å². The average Bonchev–Trinajstić information content (AvgIpc) is 2.80. The van der Waals surface area contributed by atoms with Crippen molar-refractivity contribution in [2.75, 3.05) is 26.3 Å². The Morgan fingerprint density at radius 3 is 2.55 bits per heavy atom. The molecule has 6 heteroatoms. The van der Waals surface area contributed by atoms with Gasteiger partial charge in [-0.3, -0.25) is 9.48 Å². The number of halogens is 1. The molecule has 5 nitrogen and oxygen atoms in total. The smallest absolute Gasteiger partial charge is 0.245 e. The second-order valence-corrected chi connectivity index (χ2v) is 6.59. The number of aromatic nitrogens is 2. The van der Waals surface area contributed by atoms with Crippen LogP contribution in [-0.4, -0.2) is 46.9 Å². The van der Waals surface area contributed by atoms with Gasteiger partial charge in [0.25, 0.3) is 0 Å². The third-order valence-electron chi connectivity index (χ3n) is 3.38. The molecular formula is C14H22ClN3O2. The van der Waals surface area contributed by atoms with Gasteiger partial charge < -0.3 is 9.64 Å². The first kappa shape index (κ1) is 15.3. The number of ether oxygens (including phenoxy) is 1. The summed E-state index contributed by atoms with van der Waals surface area (Å²) < 4.78 is 6.98. The quantitative estimate of drug-likeness (QED) is 0.783. The van der Waals surface area contributed by atoms with Crippen LogP contribution in [0.25, 0.3) is 0 Å². The van der Waals surface area contributed by atoms with Gasteiger partial charge in [0, 0.05) is 37.3 Å². The topological polar surface area (TPSA) is 47.4 Å². The number of carbonyl (C=O) groups excluding carboxylic acids is 1. The van der Waals surface area contributed by atoms with Crippen LogP contribution in [-0.2, 0) is 22.0 Å². The summed E-state index contributed by atoms with van der Waals surface area (Å²) in [7, 11) is 1.85. The molecule has 0 bridgehead atoms. The molecule has 1 unspecified atom stereocenters. The van der Waals surface area contributed by atoms with Crippen molar-refractivity contribution in [3.63, 3.8) is 0 Å². The number of hydrogen-bond donors (Lipinski definition) is 0. The molecule has 2 heterocycles. The highest BCUT2D eigenvalue weighted by Crippen LogP contribution is 2.32. The van der Waals surface area contributed by atoms with Gasteiger partial charge in [-0.05, 0) is 0 Å². The van der Waals surface area contributed by atoms with Crippen LogP contribution in [0.2, 0.25) is 0 Å². The third kappa shape index (κ3) is 3.15. The van der Waals surface area contributed by atoms with Crippen LogP contribution >= 0.6 is 11.6 Å². The highest BCUT2D eigenvalue weighted by atomic mass is 35.5. The Kier molecular flexibility index (Phi) is 4.39. The molecule has 1 amide bonds. The minimum Gasteiger partial charge on any atom is -0.378 e. The second kappa shape index (κ2) is 5.74. The molecule has 112 valence electrons. The van der Waals surface area contributed by atoms with E-state index in [-0.39, 0.29) is 11.3 Å². The second-order valence-electron chi connectivity index (χ2n) is 6.16. The highest BCUT2D eigenvalue weighted by Gasteiger charge is 2.32. The summed E-state index contributed by atoms with van der Waals surface area (Å²) in [5.41, 5.74) is 1.54. The maximum atomic E-state index is 12.5.